The number of nitrogens with zero attached hydrogens (tertiary/aromatic N) is 2. The molecule has 6 nitrogen and oxygen atoms in total. The molecule has 0 fully saturated rings. The smallest absolute Gasteiger partial charge is 0.301 e. The van der Waals surface area contributed by atoms with E-state index in [0.29, 0.717) is 0 Å². The standard InChI is InChI=1S/C70H74B2N2O4/c1-65(2,3)39-19-25-45(26-20-39)73-51-38-52-50(37-49(51)71-59-53(73)33-43(69(13,14)15)35-57(59)75-61-47-31-41(67(7,8)9)23-29-55(47)77-63(61)71)72-60-54(74(52)46-27-21-40(22-28-46)66(4,5)6)34-44(70(16,17)18)36-58(60)76-62-48-32-42(68(10,11)12)24-30-56(48)78-64(62)72/h19-38H,1-18H3. The van der Waals surface area contributed by atoms with Crippen LogP contribution in [0, 0.1) is 0 Å². The molecule has 0 amide bonds. The molecule has 78 heavy (non-hydrogen) atoms. The zero-order valence-corrected chi connectivity index (χ0v) is 49.2. The second-order valence-corrected chi connectivity index (χ2v) is 29.1. The number of benzene rings is 7. The van der Waals surface area contributed by atoms with E-state index in [9.17, 15) is 0 Å². The molecule has 0 saturated heterocycles. The zero-order chi connectivity index (χ0) is 55.3. The molecule has 0 unspecified atom stereocenters. The Morgan fingerprint density at radius 3 is 0.987 bits per heavy atom. The summed E-state index contributed by atoms with van der Waals surface area (Å²) in [6.07, 6.45) is 0. The van der Waals surface area contributed by atoms with E-state index in [-0.39, 0.29) is 45.9 Å². The first-order valence-electron chi connectivity index (χ1n) is 28.3. The van der Waals surface area contributed by atoms with E-state index in [0.717, 1.165) is 112 Å². The number of anilines is 6. The summed E-state index contributed by atoms with van der Waals surface area (Å²) in [5, 5.41) is 1.99. The fourth-order valence-corrected chi connectivity index (χ4v) is 12.5. The lowest BCUT2D eigenvalue weighted by molar-refractivity contribution is 0.478. The highest BCUT2D eigenvalue weighted by molar-refractivity contribution is 7.01. The number of hydrogen-bond donors (Lipinski definition) is 0. The van der Waals surface area contributed by atoms with Gasteiger partial charge in [-0.15, -0.1) is 0 Å². The van der Waals surface area contributed by atoms with Gasteiger partial charge in [-0.3, -0.25) is 0 Å². The van der Waals surface area contributed by atoms with Gasteiger partial charge in [0.25, 0.3) is 0 Å². The van der Waals surface area contributed by atoms with Gasteiger partial charge in [-0.05, 0) is 156 Å². The van der Waals surface area contributed by atoms with E-state index >= 15 is 0 Å². The highest BCUT2D eigenvalue weighted by atomic mass is 16.5. The van der Waals surface area contributed by atoms with Crippen molar-refractivity contribution in [1.82, 2.24) is 0 Å². The average Bonchev–Trinajstić information content (AvgIpc) is 4.00. The van der Waals surface area contributed by atoms with Crippen molar-refractivity contribution in [3.63, 3.8) is 0 Å². The van der Waals surface area contributed by atoms with Crippen molar-refractivity contribution in [2.45, 2.75) is 157 Å². The van der Waals surface area contributed by atoms with Gasteiger partial charge in [-0.25, -0.2) is 0 Å². The number of furan rings is 2. The topological polar surface area (TPSA) is 51.2 Å². The van der Waals surface area contributed by atoms with Gasteiger partial charge in [0.15, 0.2) is 11.5 Å². The van der Waals surface area contributed by atoms with Crippen LogP contribution in [0.25, 0.3) is 21.9 Å². The van der Waals surface area contributed by atoms with Crippen LogP contribution < -0.4 is 52.4 Å². The first-order chi connectivity index (χ1) is 36.4. The lowest BCUT2D eigenvalue weighted by atomic mass is 9.32. The van der Waals surface area contributed by atoms with Gasteiger partial charge in [0, 0.05) is 45.0 Å². The molecule has 2 aromatic heterocycles. The molecule has 6 heterocycles. The molecular weight excluding hydrogens is 954 g/mol. The molecular formula is C70H74B2N2O4. The van der Waals surface area contributed by atoms with Gasteiger partial charge in [0.1, 0.15) is 34.0 Å². The maximum atomic E-state index is 7.37. The number of fused-ring (bicyclic) bond motifs is 12. The Balaban J connectivity index is 1.17. The molecule has 0 N–H and O–H groups in total. The maximum Gasteiger partial charge on any atom is 0.301 e. The highest BCUT2D eigenvalue weighted by Crippen LogP contribution is 2.50. The highest BCUT2D eigenvalue weighted by Gasteiger charge is 2.51. The molecule has 9 aromatic rings. The normalized spacial score (nSPS) is 14.9. The number of hydrogen-bond acceptors (Lipinski definition) is 6. The maximum absolute atomic E-state index is 7.37. The van der Waals surface area contributed by atoms with Gasteiger partial charge in [0.05, 0.1) is 10.8 Å². The molecule has 0 atom stereocenters. The van der Waals surface area contributed by atoms with Crippen LogP contribution in [0.3, 0.4) is 0 Å². The minimum absolute atomic E-state index is 0.0269. The van der Waals surface area contributed by atoms with Gasteiger partial charge in [-0.1, -0.05) is 167 Å². The van der Waals surface area contributed by atoms with Gasteiger partial charge < -0.3 is 28.1 Å². The number of rotatable bonds is 2. The Morgan fingerprint density at radius 2 is 0.654 bits per heavy atom. The summed E-state index contributed by atoms with van der Waals surface area (Å²) in [6.45, 7) is 40.5. The number of ether oxygens (including phenoxy) is 2. The third kappa shape index (κ3) is 7.73. The molecule has 0 aliphatic carbocycles. The summed E-state index contributed by atoms with van der Waals surface area (Å²) in [5.41, 5.74) is 21.1. The minimum Gasteiger partial charge on any atom is -0.466 e. The predicted octanol–water partition coefficient (Wildman–Crippen LogP) is 15.8. The Morgan fingerprint density at radius 1 is 0.321 bits per heavy atom. The summed E-state index contributed by atoms with van der Waals surface area (Å²) < 4.78 is 29.3. The fraction of sp³-hybridized carbons (Fsp3) is 0.343. The van der Waals surface area contributed by atoms with Crippen LogP contribution in [0.2, 0.25) is 0 Å². The monoisotopic (exact) mass is 1030 g/mol. The minimum atomic E-state index is -0.309. The summed E-state index contributed by atoms with van der Waals surface area (Å²) in [7, 11) is 0. The van der Waals surface area contributed by atoms with Crippen LogP contribution in [0.1, 0.15) is 158 Å². The Bertz CT molecular complexity index is 3730. The van der Waals surface area contributed by atoms with E-state index in [2.05, 4.69) is 256 Å². The molecule has 13 rings (SSSR count). The van der Waals surface area contributed by atoms with Crippen LogP contribution in [0.4, 0.5) is 34.1 Å². The molecule has 0 spiro atoms. The van der Waals surface area contributed by atoms with Crippen molar-refractivity contribution in [2.24, 2.45) is 0 Å². The molecule has 4 aliphatic rings. The van der Waals surface area contributed by atoms with E-state index in [1.165, 1.54) is 33.4 Å². The van der Waals surface area contributed by atoms with Crippen LogP contribution in [-0.2, 0) is 32.5 Å². The third-order valence-electron chi connectivity index (χ3n) is 17.3. The molecule has 0 radical (unpaired) electrons. The van der Waals surface area contributed by atoms with Crippen LogP contribution in [0.15, 0.2) is 130 Å². The predicted molar refractivity (Wildman–Crippen MR) is 330 cm³/mol. The average molecular weight is 1030 g/mol. The van der Waals surface area contributed by atoms with Crippen LogP contribution in [0.5, 0.6) is 23.0 Å². The second-order valence-electron chi connectivity index (χ2n) is 29.1. The van der Waals surface area contributed by atoms with Crippen LogP contribution in [-0.4, -0.2) is 13.4 Å². The van der Waals surface area contributed by atoms with Crippen molar-refractivity contribution in [3.05, 3.63) is 155 Å². The zero-order valence-electron chi connectivity index (χ0n) is 49.2. The summed E-state index contributed by atoms with van der Waals surface area (Å²) in [6, 6.07) is 46.2. The van der Waals surface area contributed by atoms with Crippen molar-refractivity contribution in [2.75, 3.05) is 9.80 Å². The van der Waals surface area contributed by atoms with Crippen molar-refractivity contribution in [3.8, 4) is 23.0 Å². The SMILES string of the molecule is CC(C)(C)c1ccc(N2c3cc4c(cc3B3c5oc6ccc(C(C)(C)C)cc6c5Oc5cc(C(C)(C)C)cc2c53)B2c3oc5ccc(C(C)(C)C)cc5c3Oc3cc(C(C)(C)C)cc(c32)N4c2ccc(C(C)(C)C)cc2)cc1. The van der Waals surface area contributed by atoms with Gasteiger partial charge in [-0.2, -0.15) is 0 Å². The summed E-state index contributed by atoms with van der Waals surface area (Å²) in [5.74, 6) is 3.31. The van der Waals surface area contributed by atoms with Crippen molar-refractivity contribution in [1.29, 1.82) is 0 Å². The Hall–Kier alpha value is -7.05. The quantitative estimate of drug-likeness (QED) is 0.161. The lowest BCUT2D eigenvalue weighted by Gasteiger charge is -2.44. The molecule has 0 saturated carbocycles. The Labute approximate surface area is 463 Å². The molecule has 7 aromatic carbocycles. The third-order valence-corrected chi connectivity index (χ3v) is 17.3. The van der Waals surface area contributed by atoms with Gasteiger partial charge in [0.2, 0.25) is 0 Å². The van der Waals surface area contributed by atoms with E-state index in [1.54, 1.807) is 0 Å². The lowest BCUT2D eigenvalue weighted by Crippen LogP contribution is -2.63. The van der Waals surface area contributed by atoms with Crippen molar-refractivity contribution < 1.29 is 18.3 Å². The molecule has 8 heteroatoms. The fourth-order valence-electron chi connectivity index (χ4n) is 12.5. The van der Waals surface area contributed by atoms with E-state index < -0.39 is 0 Å². The van der Waals surface area contributed by atoms with E-state index in [4.69, 9.17) is 18.3 Å². The molecule has 394 valence electrons. The van der Waals surface area contributed by atoms with Crippen LogP contribution >= 0.6 is 0 Å². The Kier molecular flexibility index (Phi) is 10.5. The summed E-state index contributed by atoms with van der Waals surface area (Å²) >= 11 is 0. The van der Waals surface area contributed by atoms with Gasteiger partial charge >= 0.3 is 13.4 Å². The largest absolute Gasteiger partial charge is 0.466 e. The van der Waals surface area contributed by atoms with Crippen molar-refractivity contribution >= 4 is 103 Å². The first-order valence-corrected chi connectivity index (χ1v) is 28.3. The second kappa shape index (κ2) is 16.3. The molecule has 0 bridgehead atoms. The van der Waals surface area contributed by atoms with E-state index in [1.807, 2.05) is 0 Å². The molecule has 4 aliphatic heterocycles. The first kappa shape index (κ1) is 50.5. The summed E-state index contributed by atoms with van der Waals surface area (Å²) in [4.78, 5) is 5.03.